The Balaban J connectivity index is 1.35. The fourth-order valence-electron chi connectivity index (χ4n) is 4.36. The highest BCUT2D eigenvalue weighted by molar-refractivity contribution is 6.05. The lowest BCUT2D eigenvalue weighted by Gasteiger charge is -2.46. The smallest absolute Gasteiger partial charge is 0.139 e. The number of hydrogen-bond donors (Lipinski definition) is 0. The van der Waals surface area contributed by atoms with Crippen molar-refractivity contribution in [3.8, 4) is 0 Å². The van der Waals surface area contributed by atoms with E-state index < -0.39 is 0 Å². The average molecular weight is 320 g/mol. The van der Waals surface area contributed by atoms with Crippen molar-refractivity contribution in [3.63, 3.8) is 0 Å². The van der Waals surface area contributed by atoms with Crippen LogP contribution in [0.1, 0.15) is 24.8 Å². The summed E-state index contributed by atoms with van der Waals surface area (Å²) in [5.74, 6) is 0. The minimum absolute atomic E-state index is 0.778. The van der Waals surface area contributed by atoms with Gasteiger partial charge in [-0.15, -0.1) is 0 Å². The molecular weight excluding hydrogens is 296 g/mol. The average Bonchev–Trinajstić information content (AvgIpc) is 2.98. The molecule has 1 aromatic heterocycles. The van der Waals surface area contributed by atoms with Crippen LogP contribution in [0.2, 0.25) is 0 Å². The van der Waals surface area contributed by atoms with Crippen molar-refractivity contribution in [3.05, 3.63) is 48.0 Å². The van der Waals surface area contributed by atoms with Crippen molar-refractivity contribution in [2.45, 2.75) is 31.8 Å². The van der Waals surface area contributed by atoms with Crippen LogP contribution in [0.3, 0.4) is 0 Å². The molecule has 2 fully saturated rings. The second-order valence-electron chi connectivity index (χ2n) is 7.34. The van der Waals surface area contributed by atoms with Crippen LogP contribution in [0.5, 0.6) is 0 Å². The molecule has 5 rings (SSSR count). The Morgan fingerprint density at radius 1 is 0.875 bits per heavy atom. The van der Waals surface area contributed by atoms with Crippen LogP contribution in [-0.4, -0.2) is 42.0 Å². The number of benzene rings is 2. The van der Waals surface area contributed by atoms with Gasteiger partial charge in [0.1, 0.15) is 11.2 Å². The number of nitrogens with zero attached hydrogens (tertiary/aromatic N) is 2. The summed E-state index contributed by atoms with van der Waals surface area (Å²) in [6, 6.07) is 15.7. The number of likely N-dealkylation sites (tertiary alicyclic amines) is 2. The maximum atomic E-state index is 6.16. The molecule has 0 unspecified atom stereocenters. The largest absolute Gasteiger partial charge is 0.456 e. The highest BCUT2D eigenvalue weighted by Gasteiger charge is 2.32. The van der Waals surface area contributed by atoms with E-state index in [1.807, 2.05) is 6.07 Å². The third kappa shape index (κ3) is 2.43. The predicted octanol–water partition coefficient (Wildman–Crippen LogP) is 4.26. The molecule has 0 saturated carbocycles. The molecule has 3 nitrogen and oxygen atoms in total. The highest BCUT2D eigenvalue weighted by atomic mass is 16.3. The molecule has 0 atom stereocenters. The van der Waals surface area contributed by atoms with Gasteiger partial charge in [-0.25, -0.2) is 0 Å². The quantitative estimate of drug-likeness (QED) is 0.719. The third-order valence-electron chi connectivity index (χ3n) is 5.72. The van der Waals surface area contributed by atoms with E-state index in [9.17, 15) is 0 Å². The monoisotopic (exact) mass is 320 g/mol. The van der Waals surface area contributed by atoms with E-state index in [2.05, 4.69) is 46.2 Å². The van der Waals surface area contributed by atoms with E-state index in [0.717, 1.165) is 23.8 Å². The van der Waals surface area contributed by atoms with Gasteiger partial charge in [0.2, 0.25) is 0 Å². The van der Waals surface area contributed by atoms with E-state index >= 15 is 0 Å². The molecule has 0 spiro atoms. The van der Waals surface area contributed by atoms with Gasteiger partial charge in [-0.1, -0.05) is 42.8 Å². The molecule has 0 aliphatic carbocycles. The maximum absolute atomic E-state index is 6.16. The summed E-state index contributed by atoms with van der Waals surface area (Å²) in [6.07, 6.45) is 4.19. The zero-order valence-electron chi connectivity index (χ0n) is 14.1. The Morgan fingerprint density at radius 2 is 1.67 bits per heavy atom. The molecule has 3 heterocycles. The van der Waals surface area contributed by atoms with Gasteiger partial charge in [-0.2, -0.15) is 0 Å². The van der Waals surface area contributed by atoms with Gasteiger partial charge in [-0.3, -0.25) is 9.80 Å². The van der Waals surface area contributed by atoms with Crippen LogP contribution in [0, 0.1) is 0 Å². The van der Waals surface area contributed by atoms with E-state index in [0.29, 0.717) is 0 Å². The van der Waals surface area contributed by atoms with Crippen LogP contribution in [-0.2, 0) is 6.54 Å². The standard InChI is InChI=1S/C21H24N2O/c1-4-11-23(12-5-1)17-14-22(15-17)13-16-7-6-9-19-18-8-2-3-10-20(18)24-21(16)19/h2-3,6-10,17H,1,4-5,11-15H2. The van der Waals surface area contributed by atoms with Gasteiger partial charge in [0.25, 0.3) is 0 Å². The van der Waals surface area contributed by atoms with Crippen molar-refractivity contribution in [1.82, 2.24) is 9.80 Å². The lowest BCUT2D eigenvalue weighted by molar-refractivity contribution is 0.0187. The highest BCUT2D eigenvalue weighted by Crippen LogP contribution is 2.32. The normalized spacial score (nSPS) is 20.7. The van der Waals surface area contributed by atoms with Crippen LogP contribution < -0.4 is 0 Å². The van der Waals surface area contributed by atoms with E-state index in [-0.39, 0.29) is 0 Å². The molecule has 2 aliphatic rings. The first-order valence-corrected chi connectivity index (χ1v) is 9.24. The summed E-state index contributed by atoms with van der Waals surface area (Å²) in [4.78, 5) is 5.25. The Kier molecular flexibility index (Phi) is 3.57. The Bertz CT molecular complexity index is 857. The Hall–Kier alpha value is -1.84. The molecule has 0 N–H and O–H groups in total. The number of rotatable bonds is 3. The summed E-state index contributed by atoms with van der Waals surface area (Å²) in [5.41, 5.74) is 3.38. The minimum Gasteiger partial charge on any atom is -0.456 e. The second-order valence-corrected chi connectivity index (χ2v) is 7.34. The molecule has 0 amide bonds. The molecule has 3 heteroatoms. The summed E-state index contributed by atoms with van der Waals surface area (Å²) < 4.78 is 6.16. The van der Waals surface area contributed by atoms with Gasteiger partial charge < -0.3 is 4.42 Å². The van der Waals surface area contributed by atoms with Crippen molar-refractivity contribution in [2.24, 2.45) is 0 Å². The second kappa shape index (κ2) is 5.91. The zero-order valence-corrected chi connectivity index (χ0v) is 14.1. The molecular formula is C21H24N2O. The van der Waals surface area contributed by atoms with E-state index in [1.165, 1.54) is 61.8 Å². The molecule has 0 bridgehead atoms. The van der Waals surface area contributed by atoms with Crippen LogP contribution in [0.25, 0.3) is 21.9 Å². The molecule has 2 saturated heterocycles. The van der Waals surface area contributed by atoms with Crippen molar-refractivity contribution >= 4 is 21.9 Å². The summed E-state index contributed by atoms with van der Waals surface area (Å²) >= 11 is 0. The van der Waals surface area contributed by atoms with Gasteiger partial charge in [-0.05, 0) is 32.0 Å². The molecule has 3 aromatic rings. The van der Waals surface area contributed by atoms with E-state index in [4.69, 9.17) is 4.42 Å². The predicted molar refractivity (Wildman–Crippen MR) is 98.2 cm³/mol. The van der Waals surface area contributed by atoms with Crippen LogP contribution >= 0.6 is 0 Å². The molecule has 24 heavy (non-hydrogen) atoms. The number of hydrogen-bond acceptors (Lipinski definition) is 3. The molecule has 2 aliphatic heterocycles. The van der Waals surface area contributed by atoms with E-state index in [1.54, 1.807) is 0 Å². The Labute approximate surface area is 142 Å². The first-order chi connectivity index (χ1) is 11.9. The first kappa shape index (κ1) is 14.5. The molecule has 0 radical (unpaired) electrons. The third-order valence-corrected chi connectivity index (χ3v) is 5.72. The molecule has 124 valence electrons. The van der Waals surface area contributed by atoms with Crippen molar-refractivity contribution < 1.29 is 4.42 Å². The lowest BCUT2D eigenvalue weighted by Crippen LogP contribution is -2.59. The SMILES string of the molecule is c1ccc2c(c1)oc1c(CN3CC(N4CCCCC4)C3)cccc12. The van der Waals surface area contributed by atoms with Crippen molar-refractivity contribution in [1.29, 1.82) is 0 Å². The summed E-state index contributed by atoms with van der Waals surface area (Å²) in [7, 11) is 0. The van der Waals surface area contributed by atoms with Gasteiger partial charge >= 0.3 is 0 Å². The molecule has 2 aromatic carbocycles. The lowest BCUT2D eigenvalue weighted by atomic mass is 10.0. The van der Waals surface area contributed by atoms with Crippen LogP contribution in [0.15, 0.2) is 46.9 Å². The Morgan fingerprint density at radius 3 is 2.54 bits per heavy atom. The first-order valence-electron chi connectivity index (χ1n) is 9.24. The summed E-state index contributed by atoms with van der Waals surface area (Å²) in [6.45, 7) is 6.02. The fraction of sp³-hybridized carbons (Fsp3) is 0.429. The number of piperidine rings is 1. The maximum Gasteiger partial charge on any atom is 0.139 e. The zero-order chi connectivity index (χ0) is 15.9. The minimum atomic E-state index is 0.778. The van der Waals surface area contributed by atoms with Crippen LogP contribution in [0.4, 0.5) is 0 Å². The van der Waals surface area contributed by atoms with Crippen molar-refractivity contribution in [2.75, 3.05) is 26.2 Å². The fourth-order valence-corrected chi connectivity index (χ4v) is 4.36. The van der Waals surface area contributed by atoms with Gasteiger partial charge in [0.15, 0.2) is 0 Å². The summed E-state index contributed by atoms with van der Waals surface area (Å²) in [5, 5.41) is 2.47. The number of fused-ring (bicyclic) bond motifs is 3. The van der Waals surface area contributed by atoms with Gasteiger partial charge in [0, 0.05) is 42.0 Å². The van der Waals surface area contributed by atoms with Gasteiger partial charge in [0.05, 0.1) is 0 Å². The topological polar surface area (TPSA) is 19.6 Å². The number of furan rings is 1. The number of para-hydroxylation sites is 2.